The molecule has 1 aromatic rings. The summed E-state index contributed by atoms with van der Waals surface area (Å²) in [4.78, 5) is 11.5. The Bertz CT molecular complexity index is 366. The molecule has 1 aliphatic heterocycles. The molecule has 1 aliphatic rings. The molecule has 0 aromatic carbocycles. The number of carbonyl (C=O) groups excluding carboxylic acids is 1. The zero-order valence-corrected chi connectivity index (χ0v) is 8.66. The first-order valence-electron chi connectivity index (χ1n) is 5.09. The van der Waals surface area contributed by atoms with Crippen LogP contribution in [0.25, 0.3) is 0 Å². The van der Waals surface area contributed by atoms with Gasteiger partial charge in [-0.25, -0.2) is 0 Å². The van der Waals surface area contributed by atoms with Crippen LogP contribution in [0.4, 0.5) is 5.82 Å². The van der Waals surface area contributed by atoms with Crippen LogP contribution in [-0.4, -0.2) is 28.7 Å². The van der Waals surface area contributed by atoms with Crippen LogP contribution in [0.2, 0.25) is 0 Å². The van der Waals surface area contributed by atoms with Gasteiger partial charge in [0.05, 0.1) is 6.20 Å². The lowest BCUT2D eigenvalue weighted by Gasteiger charge is -2.22. The molecule has 1 aromatic heterocycles. The number of nitrogens with one attached hydrogen (secondary N) is 2. The maximum atomic E-state index is 11.5. The van der Waals surface area contributed by atoms with Gasteiger partial charge in [-0.15, -0.1) is 5.10 Å². The number of carbonyl (C=O) groups is 1. The lowest BCUT2D eigenvalue weighted by molar-refractivity contribution is -0.123. The quantitative estimate of drug-likeness (QED) is 0.738. The van der Waals surface area contributed by atoms with E-state index in [0.29, 0.717) is 5.82 Å². The lowest BCUT2D eigenvalue weighted by Crippen LogP contribution is -2.44. The van der Waals surface area contributed by atoms with Crippen LogP contribution in [0, 0.1) is 6.92 Å². The van der Waals surface area contributed by atoms with Gasteiger partial charge >= 0.3 is 0 Å². The monoisotopic (exact) mass is 206 g/mol. The number of rotatable bonds is 2. The second-order valence-corrected chi connectivity index (χ2v) is 3.75. The van der Waals surface area contributed by atoms with Crippen molar-refractivity contribution in [1.29, 1.82) is 0 Å². The fourth-order valence-corrected chi connectivity index (χ4v) is 1.62. The molecular weight excluding hydrogens is 192 g/mol. The smallest absolute Gasteiger partial charge is 0.242 e. The number of amides is 1. The van der Waals surface area contributed by atoms with Crippen LogP contribution in [0.5, 0.6) is 0 Å². The first-order valence-corrected chi connectivity index (χ1v) is 5.09. The molecule has 0 radical (unpaired) electrons. The minimum Gasteiger partial charge on any atom is -0.357 e. The van der Waals surface area contributed by atoms with Crippen LogP contribution in [0.15, 0.2) is 12.3 Å². The van der Waals surface area contributed by atoms with Gasteiger partial charge in [-0.3, -0.25) is 4.79 Å². The summed E-state index contributed by atoms with van der Waals surface area (Å²) in [6.45, 7) is 2.72. The SMILES string of the molecule is Cc1cnnc(NC2CCCNC2=O)c1. The fourth-order valence-electron chi connectivity index (χ4n) is 1.62. The van der Waals surface area contributed by atoms with Crippen molar-refractivity contribution in [2.75, 3.05) is 11.9 Å². The van der Waals surface area contributed by atoms with Gasteiger partial charge in [-0.2, -0.15) is 5.10 Å². The highest BCUT2D eigenvalue weighted by Crippen LogP contribution is 2.10. The first kappa shape index (κ1) is 9.89. The van der Waals surface area contributed by atoms with E-state index in [-0.39, 0.29) is 11.9 Å². The summed E-state index contributed by atoms with van der Waals surface area (Å²) in [5.41, 5.74) is 1.03. The van der Waals surface area contributed by atoms with Crippen molar-refractivity contribution in [3.05, 3.63) is 17.8 Å². The molecule has 2 heterocycles. The highest BCUT2D eigenvalue weighted by molar-refractivity contribution is 5.84. The van der Waals surface area contributed by atoms with E-state index >= 15 is 0 Å². The molecule has 80 valence electrons. The lowest BCUT2D eigenvalue weighted by atomic mass is 10.1. The standard InChI is InChI=1S/C10H14N4O/c1-7-5-9(14-12-6-7)13-8-3-2-4-11-10(8)15/h5-6,8H,2-4H2,1H3,(H,11,15)(H,13,14). The van der Waals surface area contributed by atoms with Crippen LogP contribution in [0.1, 0.15) is 18.4 Å². The van der Waals surface area contributed by atoms with Gasteiger partial charge in [0.1, 0.15) is 11.9 Å². The third kappa shape index (κ3) is 2.43. The van der Waals surface area contributed by atoms with Crippen molar-refractivity contribution in [1.82, 2.24) is 15.5 Å². The summed E-state index contributed by atoms with van der Waals surface area (Å²) in [6.07, 6.45) is 3.54. The summed E-state index contributed by atoms with van der Waals surface area (Å²) < 4.78 is 0. The molecule has 1 saturated heterocycles. The van der Waals surface area contributed by atoms with Gasteiger partial charge in [0.2, 0.25) is 5.91 Å². The van der Waals surface area contributed by atoms with E-state index in [2.05, 4.69) is 20.8 Å². The van der Waals surface area contributed by atoms with Crippen LogP contribution in [-0.2, 0) is 4.79 Å². The van der Waals surface area contributed by atoms with Gasteiger partial charge in [0.15, 0.2) is 0 Å². The van der Waals surface area contributed by atoms with E-state index in [1.807, 2.05) is 13.0 Å². The normalized spacial score (nSPS) is 20.9. The second-order valence-electron chi connectivity index (χ2n) is 3.75. The summed E-state index contributed by atoms with van der Waals surface area (Å²) in [5, 5.41) is 13.7. The third-order valence-electron chi connectivity index (χ3n) is 2.40. The van der Waals surface area contributed by atoms with Gasteiger partial charge in [-0.1, -0.05) is 0 Å². The summed E-state index contributed by atoms with van der Waals surface area (Å²) >= 11 is 0. The van der Waals surface area contributed by atoms with Crippen molar-refractivity contribution in [3.63, 3.8) is 0 Å². The molecule has 0 bridgehead atoms. The van der Waals surface area contributed by atoms with E-state index < -0.39 is 0 Å². The Morgan fingerprint density at radius 2 is 2.47 bits per heavy atom. The van der Waals surface area contributed by atoms with Crippen molar-refractivity contribution >= 4 is 11.7 Å². The Labute approximate surface area is 88.3 Å². The van der Waals surface area contributed by atoms with Gasteiger partial charge < -0.3 is 10.6 Å². The Morgan fingerprint density at radius 1 is 1.60 bits per heavy atom. The van der Waals surface area contributed by atoms with Crippen molar-refractivity contribution in [2.45, 2.75) is 25.8 Å². The molecule has 1 amide bonds. The molecule has 5 heteroatoms. The molecule has 2 N–H and O–H groups in total. The topological polar surface area (TPSA) is 66.9 Å². The average molecular weight is 206 g/mol. The van der Waals surface area contributed by atoms with Crippen molar-refractivity contribution in [3.8, 4) is 0 Å². The molecule has 0 saturated carbocycles. The number of anilines is 1. The van der Waals surface area contributed by atoms with E-state index in [1.165, 1.54) is 0 Å². The molecule has 1 unspecified atom stereocenters. The molecule has 0 spiro atoms. The number of hydrogen-bond acceptors (Lipinski definition) is 4. The van der Waals surface area contributed by atoms with E-state index in [4.69, 9.17) is 0 Å². The van der Waals surface area contributed by atoms with Gasteiger partial charge in [0, 0.05) is 6.54 Å². The summed E-state index contributed by atoms with van der Waals surface area (Å²) in [7, 11) is 0. The molecule has 1 fully saturated rings. The fraction of sp³-hybridized carbons (Fsp3) is 0.500. The molecule has 15 heavy (non-hydrogen) atoms. The minimum atomic E-state index is -0.171. The van der Waals surface area contributed by atoms with Gasteiger partial charge in [0.25, 0.3) is 0 Å². The molecular formula is C10H14N4O. The number of hydrogen-bond donors (Lipinski definition) is 2. The molecule has 1 atom stereocenters. The maximum absolute atomic E-state index is 11.5. The Morgan fingerprint density at radius 3 is 3.20 bits per heavy atom. The number of aryl methyl sites for hydroxylation is 1. The molecule has 0 aliphatic carbocycles. The predicted octanol–water partition coefficient (Wildman–Crippen LogP) is 0.476. The Kier molecular flexibility index (Phi) is 2.80. The van der Waals surface area contributed by atoms with Crippen molar-refractivity contribution < 1.29 is 4.79 Å². The summed E-state index contributed by atoms with van der Waals surface area (Å²) in [5.74, 6) is 0.710. The van der Waals surface area contributed by atoms with Crippen molar-refractivity contribution in [2.24, 2.45) is 0 Å². The van der Waals surface area contributed by atoms with Gasteiger partial charge in [-0.05, 0) is 31.4 Å². The van der Waals surface area contributed by atoms with Crippen LogP contribution < -0.4 is 10.6 Å². The number of piperidine rings is 1. The van der Waals surface area contributed by atoms with Crippen LogP contribution in [0.3, 0.4) is 0 Å². The zero-order chi connectivity index (χ0) is 10.7. The predicted molar refractivity (Wildman–Crippen MR) is 56.4 cm³/mol. The van der Waals surface area contributed by atoms with E-state index in [9.17, 15) is 4.79 Å². The zero-order valence-electron chi connectivity index (χ0n) is 8.66. The Hall–Kier alpha value is -1.65. The minimum absolute atomic E-state index is 0.0459. The highest BCUT2D eigenvalue weighted by atomic mass is 16.2. The largest absolute Gasteiger partial charge is 0.357 e. The van der Waals surface area contributed by atoms with Crippen LogP contribution >= 0.6 is 0 Å². The highest BCUT2D eigenvalue weighted by Gasteiger charge is 2.21. The maximum Gasteiger partial charge on any atom is 0.242 e. The summed E-state index contributed by atoms with van der Waals surface area (Å²) in [6, 6.07) is 1.71. The first-order chi connectivity index (χ1) is 7.25. The Balaban J connectivity index is 2.04. The van der Waals surface area contributed by atoms with E-state index in [1.54, 1.807) is 6.20 Å². The molecule has 2 rings (SSSR count). The number of nitrogens with zero attached hydrogens (tertiary/aromatic N) is 2. The second kappa shape index (κ2) is 4.25. The number of aromatic nitrogens is 2. The van der Waals surface area contributed by atoms with E-state index in [0.717, 1.165) is 24.9 Å². The third-order valence-corrected chi connectivity index (χ3v) is 2.40. The average Bonchev–Trinajstić information content (AvgIpc) is 2.22. The molecule has 5 nitrogen and oxygen atoms in total.